The Kier molecular flexibility index (Phi) is 4.30. The number of aliphatic hydroxyl groups is 1. The van der Waals surface area contributed by atoms with Crippen molar-refractivity contribution in [3.8, 4) is 0 Å². The minimum atomic E-state index is -0.113. The minimum absolute atomic E-state index is 0.113. The molecule has 2 heteroatoms. The van der Waals surface area contributed by atoms with Gasteiger partial charge in [-0.1, -0.05) is 24.3 Å². The number of hydrogen-bond acceptors (Lipinski definition) is 2. The van der Waals surface area contributed by atoms with Gasteiger partial charge in [-0.2, -0.15) is 0 Å². The molecule has 0 bridgehead atoms. The summed E-state index contributed by atoms with van der Waals surface area (Å²) in [5.41, 5.74) is 2.33. The monoisotopic (exact) mass is 208 g/mol. The van der Waals surface area contributed by atoms with Gasteiger partial charge >= 0.3 is 0 Å². The van der Waals surface area contributed by atoms with E-state index < -0.39 is 0 Å². The van der Waals surface area contributed by atoms with E-state index >= 15 is 0 Å². The van der Waals surface area contributed by atoms with Crippen molar-refractivity contribution in [1.82, 2.24) is 0 Å². The van der Waals surface area contributed by atoms with E-state index in [0.29, 0.717) is 0 Å². The molecule has 1 aromatic rings. The molecule has 0 heterocycles. The molecule has 0 aliphatic heterocycles. The standard InChI is InChI=1S/C13H20O2/c1-13(2,15-3)10-12-6-4-11(5-7-12)8-9-14/h4-7,14H,8-10H2,1-3H3. The van der Waals surface area contributed by atoms with Crippen molar-refractivity contribution in [3.63, 3.8) is 0 Å². The lowest BCUT2D eigenvalue weighted by Gasteiger charge is -2.22. The predicted octanol–water partition coefficient (Wildman–Crippen LogP) is 2.19. The Morgan fingerprint density at radius 2 is 1.67 bits per heavy atom. The first-order valence-corrected chi connectivity index (χ1v) is 5.31. The summed E-state index contributed by atoms with van der Waals surface area (Å²) in [5, 5.41) is 8.79. The molecule has 0 amide bonds. The van der Waals surface area contributed by atoms with Gasteiger partial charge in [-0.05, 0) is 31.4 Å². The fourth-order valence-corrected chi connectivity index (χ4v) is 1.52. The third kappa shape index (κ3) is 4.02. The normalized spacial score (nSPS) is 11.7. The molecule has 0 atom stereocenters. The van der Waals surface area contributed by atoms with E-state index in [-0.39, 0.29) is 12.2 Å². The van der Waals surface area contributed by atoms with E-state index in [2.05, 4.69) is 38.1 Å². The molecular formula is C13H20O2. The van der Waals surface area contributed by atoms with Crippen LogP contribution in [-0.4, -0.2) is 24.4 Å². The van der Waals surface area contributed by atoms with Crippen molar-refractivity contribution >= 4 is 0 Å². The molecule has 84 valence electrons. The van der Waals surface area contributed by atoms with E-state index in [0.717, 1.165) is 12.8 Å². The van der Waals surface area contributed by atoms with Crippen molar-refractivity contribution < 1.29 is 9.84 Å². The summed E-state index contributed by atoms with van der Waals surface area (Å²) >= 11 is 0. The lowest BCUT2D eigenvalue weighted by molar-refractivity contribution is 0.0232. The third-order valence-corrected chi connectivity index (χ3v) is 2.61. The fraction of sp³-hybridized carbons (Fsp3) is 0.538. The van der Waals surface area contributed by atoms with Gasteiger partial charge in [-0.15, -0.1) is 0 Å². The fourth-order valence-electron chi connectivity index (χ4n) is 1.52. The van der Waals surface area contributed by atoms with Crippen LogP contribution in [-0.2, 0) is 17.6 Å². The summed E-state index contributed by atoms with van der Waals surface area (Å²) in [5.74, 6) is 0. The van der Waals surface area contributed by atoms with Crippen LogP contribution in [0.5, 0.6) is 0 Å². The molecule has 0 radical (unpaired) electrons. The first-order chi connectivity index (χ1) is 7.07. The highest BCUT2D eigenvalue weighted by Crippen LogP contribution is 2.16. The summed E-state index contributed by atoms with van der Waals surface area (Å²) in [7, 11) is 1.74. The number of ether oxygens (including phenoxy) is 1. The van der Waals surface area contributed by atoms with E-state index in [4.69, 9.17) is 9.84 Å². The summed E-state index contributed by atoms with van der Waals surface area (Å²) in [6, 6.07) is 8.34. The maximum atomic E-state index is 8.79. The van der Waals surface area contributed by atoms with Crippen LogP contribution in [0, 0.1) is 0 Å². The number of methoxy groups -OCH3 is 1. The SMILES string of the molecule is COC(C)(C)Cc1ccc(CCO)cc1. The quantitative estimate of drug-likeness (QED) is 0.803. The molecule has 0 unspecified atom stereocenters. The van der Waals surface area contributed by atoms with E-state index in [1.165, 1.54) is 11.1 Å². The van der Waals surface area contributed by atoms with Gasteiger partial charge < -0.3 is 9.84 Å². The lowest BCUT2D eigenvalue weighted by atomic mass is 9.97. The average molecular weight is 208 g/mol. The van der Waals surface area contributed by atoms with E-state index in [9.17, 15) is 0 Å². The molecule has 0 aliphatic rings. The summed E-state index contributed by atoms with van der Waals surface area (Å²) in [6.07, 6.45) is 1.64. The molecule has 0 spiro atoms. The Morgan fingerprint density at radius 3 is 2.13 bits per heavy atom. The molecule has 0 aromatic heterocycles. The molecule has 1 aromatic carbocycles. The van der Waals surface area contributed by atoms with Crippen molar-refractivity contribution in [2.24, 2.45) is 0 Å². The van der Waals surface area contributed by atoms with Gasteiger partial charge in [0.2, 0.25) is 0 Å². The topological polar surface area (TPSA) is 29.5 Å². The zero-order chi connectivity index (χ0) is 11.3. The highest BCUT2D eigenvalue weighted by molar-refractivity contribution is 5.23. The first-order valence-electron chi connectivity index (χ1n) is 5.31. The maximum Gasteiger partial charge on any atom is 0.0662 e. The molecule has 2 nitrogen and oxygen atoms in total. The van der Waals surface area contributed by atoms with Gasteiger partial charge in [-0.3, -0.25) is 0 Å². The first kappa shape index (κ1) is 12.2. The van der Waals surface area contributed by atoms with Gasteiger partial charge in [0, 0.05) is 20.1 Å². The zero-order valence-electron chi connectivity index (χ0n) is 9.79. The van der Waals surface area contributed by atoms with Crippen molar-refractivity contribution in [3.05, 3.63) is 35.4 Å². The summed E-state index contributed by atoms with van der Waals surface area (Å²) in [4.78, 5) is 0. The Labute approximate surface area is 91.9 Å². The number of hydrogen-bond donors (Lipinski definition) is 1. The Hall–Kier alpha value is -0.860. The van der Waals surface area contributed by atoms with E-state index in [1.807, 2.05) is 0 Å². The highest BCUT2D eigenvalue weighted by Gasteiger charge is 2.16. The number of benzene rings is 1. The Morgan fingerprint density at radius 1 is 1.13 bits per heavy atom. The third-order valence-electron chi connectivity index (χ3n) is 2.61. The zero-order valence-corrected chi connectivity index (χ0v) is 9.79. The Bertz CT molecular complexity index is 288. The Balaban J connectivity index is 2.64. The van der Waals surface area contributed by atoms with Crippen molar-refractivity contribution in [2.45, 2.75) is 32.3 Å². The second-order valence-corrected chi connectivity index (χ2v) is 4.43. The van der Waals surface area contributed by atoms with Gasteiger partial charge in [0.1, 0.15) is 0 Å². The lowest BCUT2D eigenvalue weighted by Crippen LogP contribution is -2.25. The smallest absolute Gasteiger partial charge is 0.0662 e. The van der Waals surface area contributed by atoms with Crippen molar-refractivity contribution in [1.29, 1.82) is 0 Å². The second kappa shape index (κ2) is 5.29. The van der Waals surface area contributed by atoms with Crippen LogP contribution >= 0.6 is 0 Å². The van der Waals surface area contributed by atoms with Crippen LogP contribution in [0.25, 0.3) is 0 Å². The maximum absolute atomic E-state index is 8.79. The van der Waals surface area contributed by atoms with Crippen LogP contribution in [0.4, 0.5) is 0 Å². The molecule has 0 saturated heterocycles. The molecule has 15 heavy (non-hydrogen) atoms. The number of aliphatic hydroxyl groups excluding tert-OH is 1. The predicted molar refractivity (Wildman–Crippen MR) is 62.0 cm³/mol. The van der Waals surface area contributed by atoms with Crippen LogP contribution in [0.1, 0.15) is 25.0 Å². The second-order valence-electron chi connectivity index (χ2n) is 4.43. The summed E-state index contributed by atoms with van der Waals surface area (Å²) < 4.78 is 5.38. The van der Waals surface area contributed by atoms with Crippen LogP contribution in [0.3, 0.4) is 0 Å². The average Bonchev–Trinajstić information content (AvgIpc) is 2.21. The summed E-state index contributed by atoms with van der Waals surface area (Å²) in [6.45, 7) is 4.37. The molecule has 0 fully saturated rings. The largest absolute Gasteiger partial charge is 0.396 e. The van der Waals surface area contributed by atoms with Gasteiger partial charge in [-0.25, -0.2) is 0 Å². The molecule has 0 saturated carbocycles. The molecular weight excluding hydrogens is 188 g/mol. The molecule has 1 N–H and O–H groups in total. The molecule has 1 rings (SSSR count). The highest BCUT2D eigenvalue weighted by atomic mass is 16.5. The number of rotatable bonds is 5. The van der Waals surface area contributed by atoms with Crippen LogP contribution in [0.15, 0.2) is 24.3 Å². The van der Waals surface area contributed by atoms with Gasteiger partial charge in [0.25, 0.3) is 0 Å². The van der Waals surface area contributed by atoms with Gasteiger partial charge in [0.15, 0.2) is 0 Å². The van der Waals surface area contributed by atoms with E-state index in [1.54, 1.807) is 7.11 Å². The minimum Gasteiger partial charge on any atom is -0.396 e. The van der Waals surface area contributed by atoms with Crippen LogP contribution < -0.4 is 0 Å². The van der Waals surface area contributed by atoms with Crippen LogP contribution in [0.2, 0.25) is 0 Å². The van der Waals surface area contributed by atoms with Crippen molar-refractivity contribution in [2.75, 3.05) is 13.7 Å². The van der Waals surface area contributed by atoms with Gasteiger partial charge in [0.05, 0.1) is 5.60 Å². The molecule has 0 aliphatic carbocycles.